The van der Waals surface area contributed by atoms with Crippen molar-refractivity contribution in [2.45, 2.75) is 19.3 Å². The van der Waals surface area contributed by atoms with Crippen LogP contribution < -0.4 is 5.73 Å². The van der Waals surface area contributed by atoms with Crippen LogP contribution in [0.2, 0.25) is 0 Å². The average molecular weight is 290 g/mol. The fourth-order valence-electron chi connectivity index (χ4n) is 1.51. The van der Waals surface area contributed by atoms with Gasteiger partial charge in [-0.05, 0) is 39.5 Å². The van der Waals surface area contributed by atoms with Crippen molar-refractivity contribution < 1.29 is 14.3 Å². The van der Waals surface area contributed by atoms with Crippen LogP contribution >= 0.6 is 15.9 Å². The Labute approximate surface area is 102 Å². The maximum absolute atomic E-state index is 13.5. The van der Waals surface area contributed by atoms with Crippen LogP contribution in [0, 0.1) is 5.82 Å². The summed E-state index contributed by atoms with van der Waals surface area (Å²) in [5, 5.41) is 8.96. The maximum atomic E-state index is 13.5. The minimum atomic E-state index is -0.997. The molecule has 1 aromatic rings. The van der Waals surface area contributed by atoms with Crippen LogP contribution in [0.15, 0.2) is 16.6 Å². The standard InChI is InChI=1S/C11H13BrFNO2/c1-2-6-3-7(4-9(12)10(6)13)8(5-14)11(15)16/h3-4,8H,2,5,14H2,1H3,(H,15,16). The normalized spacial score (nSPS) is 12.5. The fourth-order valence-corrected chi connectivity index (χ4v) is 2.03. The van der Waals surface area contributed by atoms with Crippen molar-refractivity contribution in [3.63, 3.8) is 0 Å². The van der Waals surface area contributed by atoms with E-state index in [0.717, 1.165) is 0 Å². The van der Waals surface area contributed by atoms with E-state index in [2.05, 4.69) is 15.9 Å². The van der Waals surface area contributed by atoms with Gasteiger partial charge in [0.25, 0.3) is 0 Å². The molecule has 1 unspecified atom stereocenters. The Kier molecular flexibility index (Phi) is 4.44. The molecule has 0 spiro atoms. The molecule has 0 saturated carbocycles. The molecular formula is C11H13BrFNO2. The zero-order chi connectivity index (χ0) is 12.3. The average Bonchev–Trinajstić information content (AvgIpc) is 2.23. The van der Waals surface area contributed by atoms with Crippen molar-refractivity contribution in [1.82, 2.24) is 0 Å². The van der Waals surface area contributed by atoms with E-state index < -0.39 is 11.9 Å². The summed E-state index contributed by atoms with van der Waals surface area (Å²) in [6.45, 7) is 1.81. The molecule has 88 valence electrons. The van der Waals surface area contributed by atoms with E-state index in [1.165, 1.54) is 6.07 Å². The molecule has 0 heterocycles. The van der Waals surface area contributed by atoms with Crippen molar-refractivity contribution >= 4 is 21.9 Å². The quantitative estimate of drug-likeness (QED) is 0.894. The summed E-state index contributed by atoms with van der Waals surface area (Å²) >= 11 is 3.08. The predicted molar refractivity (Wildman–Crippen MR) is 62.9 cm³/mol. The molecule has 1 rings (SSSR count). The SMILES string of the molecule is CCc1cc(C(CN)C(=O)O)cc(Br)c1F. The largest absolute Gasteiger partial charge is 0.481 e. The lowest BCUT2D eigenvalue weighted by Gasteiger charge is -2.13. The molecule has 0 aliphatic heterocycles. The fraction of sp³-hybridized carbons (Fsp3) is 0.364. The number of hydrogen-bond donors (Lipinski definition) is 2. The van der Waals surface area contributed by atoms with Gasteiger partial charge in [0.2, 0.25) is 0 Å². The molecule has 0 bridgehead atoms. The first-order valence-corrected chi connectivity index (χ1v) is 5.71. The van der Waals surface area contributed by atoms with E-state index in [4.69, 9.17) is 10.8 Å². The zero-order valence-corrected chi connectivity index (χ0v) is 10.4. The molecule has 0 aliphatic carbocycles. The molecular weight excluding hydrogens is 277 g/mol. The van der Waals surface area contributed by atoms with Crippen LogP contribution in [0.3, 0.4) is 0 Å². The highest BCUT2D eigenvalue weighted by Gasteiger charge is 2.20. The number of carboxylic acids is 1. The molecule has 16 heavy (non-hydrogen) atoms. The van der Waals surface area contributed by atoms with Gasteiger partial charge in [-0.25, -0.2) is 4.39 Å². The Morgan fingerprint density at radius 3 is 2.69 bits per heavy atom. The Morgan fingerprint density at radius 2 is 2.25 bits per heavy atom. The molecule has 1 atom stereocenters. The van der Waals surface area contributed by atoms with Gasteiger partial charge >= 0.3 is 5.97 Å². The number of benzene rings is 1. The summed E-state index contributed by atoms with van der Waals surface area (Å²) < 4.78 is 13.8. The van der Waals surface area contributed by atoms with E-state index in [1.807, 2.05) is 6.92 Å². The predicted octanol–water partition coefficient (Wildman–Crippen LogP) is 2.28. The number of hydrogen-bond acceptors (Lipinski definition) is 2. The molecule has 0 aliphatic rings. The summed E-state index contributed by atoms with van der Waals surface area (Å²) in [5.74, 6) is -2.13. The van der Waals surface area contributed by atoms with Gasteiger partial charge in [-0.15, -0.1) is 0 Å². The smallest absolute Gasteiger partial charge is 0.312 e. The van der Waals surface area contributed by atoms with Crippen LogP contribution in [0.1, 0.15) is 24.0 Å². The summed E-state index contributed by atoms with van der Waals surface area (Å²) in [6.07, 6.45) is 0.509. The van der Waals surface area contributed by atoms with Crippen LogP contribution in [-0.2, 0) is 11.2 Å². The van der Waals surface area contributed by atoms with Gasteiger partial charge in [0.05, 0.1) is 10.4 Å². The highest BCUT2D eigenvalue weighted by Crippen LogP contribution is 2.26. The van der Waals surface area contributed by atoms with Crippen LogP contribution in [-0.4, -0.2) is 17.6 Å². The van der Waals surface area contributed by atoms with Gasteiger partial charge in [-0.1, -0.05) is 13.0 Å². The molecule has 0 aromatic heterocycles. The minimum Gasteiger partial charge on any atom is -0.481 e. The van der Waals surface area contributed by atoms with E-state index >= 15 is 0 Å². The Hall–Kier alpha value is -0.940. The van der Waals surface area contributed by atoms with Gasteiger partial charge < -0.3 is 10.8 Å². The minimum absolute atomic E-state index is 0.00341. The summed E-state index contributed by atoms with van der Waals surface area (Å²) in [4.78, 5) is 10.9. The van der Waals surface area contributed by atoms with E-state index in [0.29, 0.717) is 17.5 Å². The van der Waals surface area contributed by atoms with Crippen molar-refractivity contribution in [3.05, 3.63) is 33.5 Å². The zero-order valence-electron chi connectivity index (χ0n) is 8.84. The van der Waals surface area contributed by atoms with Crippen molar-refractivity contribution in [2.24, 2.45) is 5.73 Å². The van der Waals surface area contributed by atoms with Gasteiger partial charge in [-0.2, -0.15) is 0 Å². The Balaban J connectivity index is 3.24. The number of carboxylic acid groups (broad SMARTS) is 1. The van der Waals surface area contributed by atoms with Crippen LogP contribution in [0.25, 0.3) is 0 Å². The first kappa shape index (κ1) is 13.1. The van der Waals surface area contributed by atoms with Gasteiger partial charge in [-0.3, -0.25) is 4.79 Å². The number of rotatable bonds is 4. The number of halogens is 2. The molecule has 0 fully saturated rings. The molecule has 1 aromatic carbocycles. The third-order valence-electron chi connectivity index (χ3n) is 2.44. The lowest BCUT2D eigenvalue weighted by Crippen LogP contribution is -2.21. The van der Waals surface area contributed by atoms with E-state index in [1.54, 1.807) is 6.07 Å². The van der Waals surface area contributed by atoms with Crippen LogP contribution in [0.5, 0.6) is 0 Å². The molecule has 3 N–H and O–H groups in total. The van der Waals surface area contributed by atoms with Gasteiger partial charge in [0, 0.05) is 6.54 Å². The lowest BCUT2D eigenvalue weighted by atomic mass is 9.96. The second-order valence-corrected chi connectivity index (χ2v) is 4.31. The molecule has 0 saturated heterocycles. The summed E-state index contributed by atoms with van der Waals surface area (Å²) in [7, 11) is 0. The molecule has 5 heteroatoms. The van der Waals surface area contributed by atoms with Crippen molar-refractivity contribution in [2.75, 3.05) is 6.54 Å². The van der Waals surface area contributed by atoms with Gasteiger partial charge in [0.1, 0.15) is 5.82 Å². The van der Waals surface area contributed by atoms with E-state index in [-0.39, 0.29) is 16.8 Å². The lowest BCUT2D eigenvalue weighted by molar-refractivity contribution is -0.138. The number of nitrogens with two attached hydrogens (primary N) is 1. The molecule has 3 nitrogen and oxygen atoms in total. The monoisotopic (exact) mass is 289 g/mol. The highest BCUT2D eigenvalue weighted by atomic mass is 79.9. The third kappa shape index (κ3) is 2.59. The Morgan fingerprint density at radius 1 is 1.62 bits per heavy atom. The number of carbonyl (C=O) groups is 1. The van der Waals surface area contributed by atoms with Crippen LogP contribution in [0.4, 0.5) is 4.39 Å². The molecule has 0 amide bonds. The Bertz CT molecular complexity index is 409. The first-order valence-electron chi connectivity index (χ1n) is 4.91. The summed E-state index contributed by atoms with van der Waals surface area (Å²) in [6, 6.07) is 3.03. The second-order valence-electron chi connectivity index (χ2n) is 3.46. The topological polar surface area (TPSA) is 63.3 Å². The third-order valence-corrected chi connectivity index (χ3v) is 3.02. The number of aryl methyl sites for hydroxylation is 1. The second kappa shape index (κ2) is 5.41. The summed E-state index contributed by atoms with van der Waals surface area (Å²) in [5.41, 5.74) is 6.41. The van der Waals surface area contributed by atoms with Crippen molar-refractivity contribution in [1.29, 1.82) is 0 Å². The maximum Gasteiger partial charge on any atom is 0.312 e. The van der Waals surface area contributed by atoms with Gasteiger partial charge in [0.15, 0.2) is 0 Å². The number of aliphatic carboxylic acids is 1. The first-order chi connectivity index (χ1) is 7.51. The molecule has 0 radical (unpaired) electrons. The van der Waals surface area contributed by atoms with Crippen molar-refractivity contribution in [3.8, 4) is 0 Å². The highest BCUT2D eigenvalue weighted by molar-refractivity contribution is 9.10. The van der Waals surface area contributed by atoms with E-state index in [9.17, 15) is 9.18 Å².